The molecule has 0 aliphatic heterocycles. The van der Waals surface area contributed by atoms with E-state index in [0.29, 0.717) is 10.8 Å². The van der Waals surface area contributed by atoms with Gasteiger partial charge >= 0.3 is 0 Å². The molecule has 1 N–H and O–H groups in total. The van der Waals surface area contributed by atoms with Crippen LogP contribution in [0, 0.1) is 28.6 Å². The molecule has 140 valence electrons. The molecule has 0 aromatic heterocycles. The molecular formula is C23H37NO. The molecule has 0 aromatic carbocycles. The topological polar surface area (TPSA) is 23.5 Å². The van der Waals surface area contributed by atoms with Crippen LogP contribution in [0.1, 0.15) is 78.1 Å². The number of rotatable bonds is 2. The van der Waals surface area contributed by atoms with E-state index in [4.69, 9.17) is 0 Å². The lowest BCUT2D eigenvalue weighted by molar-refractivity contribution is -0.0572. The van der Waals surface area contributed by atoms with Crippen molar-refractivity contribution in [1.82, 2.24) is 4.90 Å². The Hall–Kier alpha value is -0.340. The summed E-state index contributed by atoms with van der Waals surface area (Å²) in [5.41, 5.74) is 2.55. The van der Waals surface area contributed by atoms with Gasteiger partial charge in [-0.25, -0.2) is 0 Å². The molecule has 5 rings (SSSR count). The van der Waals surface area contributed by atoms with Crippen LogP contribution in [-0.4, -0.2) is 35.2 Å². The third-order valence-corrected chi connectivity index (χ3v) is 9.64. The van der Waals surface area contributed by atoms with Gasteiger partial charge in [-0.05, 0) is 99.8 Å². The molecule has 2 nitrogen and oxygen atoms in total. The Balaban J connectivity index is 1.43. The summed E-state index contributed by atoms with van der Waals surface area (Å²) in [6.07, 6.45) is 15.6. The van der Waals surface area contributed by atoms with Crippen LogP contribution in [-0.2, 0) is 0 Å². The smallest absolute Gasteiger partial charge is 0.0577 e. The average Bonchev–Trinajstić information content (AvgIpc) is 3.37. The monoisotopic (exact) mass is 343 g/mol. The van der Waals surface area contributed by atoms with E-state index >= 15 is 0 Å². The molecule has 25 heavy (non-hydrogen) atoms. The predicted octanol–water partition coefficient (Wildman–Crippen LogP) is 4.77. The Morgan fingerprint density at radius 3 is 2.56 bits per heavy atom. The fraction of sp³-hybridized carbons (Fsp3) is 0.913. The van der Waals surface area contributed by atoms with Crippen molar-refractivity contribution in [2.24, 2.45) is 28.6 Å². The van der Waals surface area contributed by atoms with E-state index in [2.05, 4.69) is 31.9 Å². The van der Waals surface area contributed by atoms with Crippen LogP contribution < -0.4 is 0 Å². The Bertz CT molecular complexity index is 581. The van der Waals surface area contributed by atoms with Crippen molar-refractivity contribution in [2.45, 2.75) is 96.2 Å². The molecule has 5 aliphatic carbocycles. The second kappa shape index (κ2) is 5.58. The van der Waals surface area contributed by atoms with E-state index in [9.17, 15) is 5.11 Å². The Morgan fingerprint density at radius 2 is 1.80 bits per heavy atom. The maximum absolute atomic E-state index is 10.2. The van der Waals surface area contributed by atoms with Crippen LogP contribution in [0.3, 0.4) is 0 Å². The zero-order valence-corrected chi connectivity index (χ0v) is 16.5. The molecule has 4 fully saturated rings. The second-order valence-corrected chi connectivity index (χ2v) is 10.7. The van der Waals surface area contributed by atoms with Crippen molar-refractivity contribution in [3.8, 4) is 0 Å². The highest BCUT2D eigenvalue weighted by Crippen LogP contribution is 2.65. The predicted molar refractivity (Wildman–Crippen MR) is 102 cm³/mol. The number of allylic oxidation sites excluding steroid dienone is 1. The molecular weight excluding hydrogens is 306 g/mol. The van der Waals surface area contributed by atoms with E-state index in [1.807, 2.05) is 0 Å². The first-order valence-electron chi connectivity index (χ1n) is 11.0. The highest BCUT2D eigenvalue weighted by atomic mass is 16.3. The first-order valence-corrected chi connectivity index (χ1v) is 11.0. The summed E-state index contributed by atoms with van der Waals surface area (Å²) < 4.78 is 0. The number of hydrogen-bond donors (Lipinski definition) is 1. The zero-order chi connectivity index (χ0) is 17.4. The van der Waals surface area contributed by atoms with E-state index in [-0.39, 0.29) is 6.10 Å². The Labute approximate surface area is 154 Å². The Kier molecular flexibility index (Phi) is 3.75. The van der Waals surface area contributed by atoms with Crippen molar-refractivity contribution in [2.75, 3.05) is 7.05 Å². The van der Waals surface area contributed by atoms with Crippen molar-refractivity contribution >= 4 is 0 Å². The molecule has 0 radical (unpaired) electrons. The van der Waals surface area contributed by atoms with Gasteiger partial charge in [-0.15, -0.1) is 0 Å². The summed E-state index contributed by atoms with van der Waals surface area (Å²) in [6.45, 7) is 5.20. The third kappa shape index (κ3) is 2.35. The Morgan fingerprint density at radius 1 is 1.00 bits per heavy atom. The van der Waals surface area contributed by atoms with Crippen LogP contribution in [0.2, 0.25) is 0 Å². The van der Waals surface area contributed by atoms with Gasteiger partial charge in [0.2, 0.25) is 0 Å². The standard InChI is InChI=1S/C23H37NO/c1-22-12-10-17(25)14-15(22)4-7-18-19-8-9-21(24(3)16-5-6-16)23(19,2)13-11-20(18)22/h4,16-21,25H,5-14H2,1-3H3/t17?,18-,19-,20+,21?,22-,23-/m0/s1. The molecule has 2 heteroatoms. The zero-order valence-electron chi connectivity index (χ0n) is 16.5. The molecule has 0 heterocycles. The molecule has 0 saturated heterocycles. The molecule has 7 atom stereocenters. The molecule has 0 amide bonds. The van der Waals surface area contributed by atoms with Gasteiger partial charge in [-0.1, -0.05) is 25.5 Å². The lowest BCUT2D eigenvalue weighted by atomic mass is 9.48. The normalized spacial score (nSPS) is 52.4. The van der Waals surface area contributed by atoms with Gasteiger partial charge in [-0.2, -0.15) is 0 Å². The van der Waals surface area contributed by atoms with Crippen molar-refractivity contribution in [3.05, 3.63) is 11.6 Å². The van der Waals surface area contributed by atoms with Crippen molar-refractivity contribution < 1.29 is 5.11 Å². The second-order valence-electron chi connectivity index (χ2n) is 10.7. The maximum atomic E-state index is 10.2. The van der Waals surface area contributed by atoms with E-state index in [1.165, 1.54) is 51.4 Å². The SMILES string of the molecule is CN(C1CC1)C1CC[C@H]2[C@@H]3CC=C4CC(O)CC[C@]4(C)[C@@H]3CC[C@]12C. The summed E-state index contributed by atoms with van der Waals surface area (Å²) >= 11 is 0. The lowest BCUT2D eigenvalue weighted by Crippen LogP contribution is -2.53. The number of nitrogens with zero attached hydrogens (tertiary/aromatic N) is 1. The molecule has 2 unspecified atom stereocenters. The first-order chi connectivity index (χ1) is 11.9. The first kappa shape index (κ1) is 16.8. The van der Waals surface area contributed by atoms with Crippen LogP contribution in [0.5, 0.6) is 0 Å². The van der Waals surface area contributed by atoms with Crippen LogP contribution >= 0.6 is 0 Å². The van der Waals surface area contributed by atoms with Gasteiger partial charge in [0.15, 0.2) is 0 Å². The number of hydrogen-bond acceptors (Lipinski definition) is 2. The fourth-order valence-corrected chi connectivity index (χ4v) is 8.02. The van der Waals surface area contributed by atoms with Gasteiger partial charge in [-0.3, -0.25) is 4.90 Å². The highest BCUT2D eigenvalue weighted by molar-refractivity contribution is 5.25. The minimum absolute atomic E-state index is 0.0761. The van der Waals surface area contributed by atoms with Crippen LogP contribution in [0.4, 0.5) is 0 Å². The summed E-state index contributed by atoms with van der Waals surface area (Å²) in [5, 5.41) is 10.2. The lowest BCUT2D eigenvalue weighted by Gasteiger charge is -2.58. The maximum Gasteiger partial charge on any atom is 0.0577 e. The summed E-state index contributed by atoms with van der Waals surface area (Å²) in [5.74, 6) is 2.71. The van der Waals surface area contributed by atoms with E-state index in [1.54, 1.807) is 5.57 Å². The number of aliphatic hydroxyl groups is 1. The van der Waals surface area contributed by atoms with Crippen LogP contribution in [0.25, 0.3) is 0 Å². The number of fused-ring (bicyclic) bond motifs is 5. The van der Waals surface area contributed by atoms with Gasteiger partial charge in [0.1, 0.15) is 0 Å². The highest BCUT2D eigenvalue weighted by Gasteiger charge is 2.59. The largest absolute Gasteiger partial charge is 0.393 e. The molecule has 0 aromatic rings. The van der Waals surface area contributed by atoms with Gasteiger partial charge in [0, 0.05) is 12.1 Å². The van der Waals surface area contributed by atoms with E-state index in [0.717, 1.165) is 42.7 Å². The quantitative estimate of drug-likeness (QED) is 0.730. The van der Waals surface area contributed by atoms with Crippen molar-refractivity contribution in [3.63, 3.8) is 0 Å². The summed E-state index contributed by atoms with van der Waals surface area (Å²) in [4.78, 5) is 2.78. The van der Waals surface area contributed by atoms with Gasteiger partial charge in [0.25, 0.3) is 0 Å². The van der Waals surface area contributed by atoms with Crippen molar-refractivity contribution in [1.29, 1.82) is 0 Å². The van der Waals surface area contributed by atoms with E-state index < -0.39 is 0 Å². The van der Waals surface area contributed by atoms with Gasteiger partial charge < -0.3 is 5.11 Å². The summed E-state index contributed by atoms with van der Waals surface area (Å²) in [7, 11) is 2.42. The average molecular weight is 344 g/mol. The molecule has 0 spiro atoms. The van der Waals surface area contributed by atoms with Gasteiger partial charge in [0.05, 0.1) is 6.10 Å². The fourth-order valence-electron chi connectivity index (χ4n) is 8.02. The molecule has 0 bridgehead atoms. The number of aliphatic hydroxyl groups excluding tert-OH is 1. The summed E-state index contributed by atoms with van der Waals surface area (Å²) in [6, 6.07) is 1.73. The van der Waals surface area contributed by atoms with Crippen LogP contribution in [0.15, 0.2) is 11.6 Å². The molecule has 4 saturated carbocycles. The minimum Gasteiger partial charge on any atom is -0.393 e. The minimum atomic E-state index is -0.0761. The third-order valence-electron chi connectivity index (χ3n) is 9.64. The molecule has 5 aliphatic rings.